The highest BCUT2D eigenvalue weighted by molar-refractivity contribution is 5.82. The first-order valence-corrected chi connectivity index (χ1v) is 6.17. The third kappa shape index (κ3) is 3.23. The summed E-state index contributed by atoms with van der Waals surface area (Å²) >= 11 is 0. The number of ether oxygens (including phenoxy) is 2. The van der Waals surface area contributed by atoms with E-state index in [2.05, 4.69) is 0 Å². The van der Waals surface area contributed by atoms with Gasteiger partial charge in [0.25, 0.3) is 0 Å². The van der Waals surface area contributed by atoms with E-state index in [-0.39, 0.29) is 18.3 Å². The highest BCUT2D eigenvalue weighted by Gasteiger charge is 2.23. The maximum Gasteiger partial charge on any atom is 0.175 e. The zero-order chi connectivity index (χ0) is 13.0. The fourth-order valence-electron chi connectivity index (χ4n) is 1.91. The van der Waals surface area contributed by atoms with Crippen LogP contribution in [0, 0.1) is 5.92 Å². The van der Waals surface area contributed by atoms with Crippen LogP contribution in [0.4, 0.5) is 5.69 Å². The van der Waals surface area contributed by atoms with Gasteiger partial charge in [-0.3, -0.25) is 4.79 Å². The van der Waals surface area contributed by atoms with Crippen LogP contribution < -0.4 is 9.64 Å². The minimum Gasteiger partial charge on any atom is -0.486 e. The van der Waals surface area contributed by atoms with Gasteiger partial charge in [-0.2, -0.15) is 0 Å². The van der Waals surface area contributed by atoms with E-state index in [9.17, 15) is 4.79 Å². The van der Waals surface area contributed by atoms with Gasteiger partial charge in [-0.25, -0.2) is 0 Å². The summed E-state index contributed by atoms with van der Waals surface area (Å²) in [4.78, 5) is 13.8. The van der Waals surface area contributed by atoms with Gasteiger partial charge in [-0.05, 0) is 18.6 Å². The molecular weight excluding hydrogens is 230 g/mol. The molecule has 0 amide bonds. The molecule has 1 aliphatic rings. The lowest BCUT2D eigenvalue weighted by atomic mass is 10.0. The van der Waals surface area contributed by atoms with Crippen LogP contribution in [0.15, 0.2) is 24.3 Å². The monoisotopic (exact) mass is 249 g/mol. The van der Waals surface area contributed by atoms with Gasteiger partial charge in [0.2, 0.25) is 0 Å². The predicted octanol–water partition coefficient (Wildman–Crippen LogP) is 1.74. The number of Topliss-reactive ketones (excluding diaryl/α,β-unsaturated/α-hetero) is 1. The average molecular weight is 249 g/mol. The molecule has 0 saturated carbocycles. The molecule has 2 rings (SSSR count). The van der Waals surface area contributed by atoms with Crippen LogP contribution in [0.25, 0.3) is 0 Å². The van der Waals surface area contributed by atoms with Crippen molar-refractivity contribution in [1.29, 1.82) is 0 Å². The topological polar surface area (TPSA) is 38.8 Å². The Bertz CT molecular complexity index is 411. The van der Waals surface area contributed by atoms with Gasteiger partial charge in [-0.1, -0.05) is 6.07 Å². The van der Waals surface area contributed by atoms with Crippen molar-refractivity contribution < 1.29 is 14.3 Å². The fourth-order valence-corrected chi connectivity index (χ4v) is 1.91. The van der Waals surface area contributed by atoms with Crippen LogP contribution in [-0.4, -0.2) is 39.7 Å². The standard InChI is InChI=1S/C14H19NO3/c1-15(2)12-4-3-5-13(8-12)18-10-14(16)11-6-7-17-9-11/h3-5,8,11H,6-7,9-10H2,1-2H3. The molecule has 1 aromatic rings. The molecule has 1 unspecified atom stereocenters. The van der Waals surface area contributed by atoms with E-state index in [1.165, 1.54) is 0 Å². The first kappa shape index (κ1) is 12.9. The van der Waals surface area contributed by atoms with Crippen LogP contribution in [0.5, 0.6) is 5.75 Å². The lowest BCUT2D eigenvalue weighted by molar-refractivity contribution is -0.124. The second-order valence-corrected chi connectivity index (χ2v) is 4.71. The summed E-state index contributed by atoms with van der Waals surface area (Å²) in [6, 6.07) is 7.72. The van der Waals surface area contributed by atoms with E-state index in [1.54, 1.807) is 0 Å². The van der Waals surface area contributed by atoms with Crippen molar-refractivity contribution in [2.45, 2.75) is 6.42 Å². The molecule has 1 atom stereocenters. The van der Waals surface area contributed by atoms with Gasteiger partial charge >= 0.3 is 0 Å². The molecular formula is C14H19NO3. The molecule has 0 aliphatic carbocycles. The smallest absolute Gasteiger partial charge is 0.175 e. The molecule has 4 heteroatoms. The lowest BCUT2D eigenvalue weighted by Crippen LogP contribution is -2.21. The third-order valence-electron chi connectivity index (χ3n) is 3.10. The number of hydrogen-bond acceptors (Lipinski definition) is 4. The number of carbonyl (C=O) groups is 1. The van der Waals surface area contributed by atoms with E-state index in [4.69, 9.17) is 9.47 Å². The molecule has 1 aliphatic heterocycles. The van der Waals surface area contributed by atoms with Crippen molar-refractivity contribution in [3.63, 3.8) is 0 Å². The Balaban J connectivity index is 1.89. The molecule has 98 valence electrons. The molecule has 4 nitrogen and oxygen atoms in total. The lowest BCUT2D eigenvalue weighted by Gasteiger charge is -2.14. The van der Waals surface area contributed by atoms with E-state index in [0.29, 0.717) is 13.2 Å². The summed E-state index contributed by atoms with van der Waals surface area (Å²) in [5.41, 5.74) is 1.06. The zero-order valence-corrected chi connectivity index (χ0v) is 10.9. The van der Waals surface area contributed by atoms with E-state index < -0.39 is 0 Å². The molecule has 1 saturated heterocycles. The molecule has 0 aromatic heterocycles. The molecule has 1 heterocycles. The molecule has 0 spiro atoms. The Morgan fingerprint density at radius 3 is 3.00 bits per heavy atom. The zero-order valence-electron chi connectivity index (χ0n) is 10.9. The van der Waals surface area contributed by atoms with E-state index in [0.717, 1.165) is 17.9 Å². The van der Waals surface area contributed by atoms with Gasteiger partial charge in [-0.15, -0.1) is 0 Å². The van der Waals surface area contributed by atoms with Gasteiger partial charge in [0, 0.05) is 38.4 Å². The Morgan fingerprint density at radius 2 is 2.33 bits per heavy atom. The Morgan fingerprint density at radius 1 is 1.50 bits per heavy atom. The van der Waals surface area contributed by atoms with Crippen molar-refractivity contribution in [2.24, 2.45) is 5.92 Å². The van der Waals surface area contributed by atoms with Crippen molar-refractivity contribution in [1.82, 2.24) is 0 Å². The van der Waals surface area contributed by atoms with Crippen molar-refractivity contribution in [3.05, 3.63) is 24.3 Å². The van der Waals surface area contributed by atoms with Gasteiger partial charge < -0.3 is 14.4 Å². The summed E-state index contributed by atoms with van der Waals surface area (Å²) in [6.07, 6.45) is 0.819. The predicted molar refractivity (Wildman–Crippen MR) is 70.2 cm³/mol. The second kappa shape index (κ2) is 5.87. The van der Waals surface area contributed by atoms with Crippen LogP contribution in [-0.2, 0) is 9.53 Å². The minimum absolute atomic E-state index is 0.0158. The van der Waals surface area contributed by atoms with Crippen LogP contribution in [0.2, 0.25) is 0 Å². The number of benzene rings is 1. The maximum absolute atomic E-state index is 11.8. The average Bonchev–Trinajstić information content (AvgIpc) is 2.90. The normalized spacial score (nSPS) is 18.7. The summed E-state index contributed by atoms with van der Waals surface area (Å²) in [6.45, 7) is 1.36. The number of rotatable bonds is 5. The summed E-state index contributed by atoms with van der Waals surface area (Å²) in [5.74, 6) is 0.873. The Labute approximate surface area is 107 Å². The highest BCUT2D eigenvalue weighted by Crippen LogP contribution is 2.20. The molecule has 1 aromatic carbocycles. The van der Waals surface area contributed by atoms with Crippen LogP contribution in [0.3, 0.4) is 0 Å². The van der Waals surface area contributed by atoms with Crippen molar-refractivity contribution >= 4 is 11.5 Å². The largest absolute Gasteiger partial charge is 0.486 e. The maximum atomic E-state index is 11.8. The SMILES string of the molecule is CN(C)c1cccc(OCC(=O)C2CCOC2)c1. The van der Waals surface area contributed by atoms with Gasteiger partial charge in [0.05, 0.1) is 6.61 Å². The quantitative estimate of drug-likeness (QED) is 0.796. The van der Waals surface area contributed by atoms with E-state index in [1.807, 2.05) is 43.3 Å². The number of carbonyl (C=O) groups excluding carboxylic acids is 1. The van der Waals surface area contributed by atoms with Crippen LogP contribution >= 0.6 is 0 Å². The molecule has 1 fully saturated rings. The second-order valence-electron chi connectivity index (χ2n) is 4.71. The summed E-state index contributed by atoms with van der Waals surface area (Å²) in [7, 11) is 3.94. The van der Waals surface area contributed by atoms with Gasteiger partial charge in [0.1, 0.15) is 12.4 Å². The first-order chi connectivity index (χ1) is 8.66. The van der Waals surface area contributed by atoms with Gasteiger partial charge in [0.15, 0.2) is 5.78 Å². The minimum atomic E-state index is 0.0158. The summed E-state index contributed by atoms with van der Waals surface area (Å²) in [5, 5.41) is 0. The molecule has 18 heavy (non-hydrogen) atoms. The summed E-state index contributed by atoms with van der Waals surface area (Å²) < 4.78 is 10.7. The molecule has 0 radical (unpaired) electrons. The number of anilines is 1. The number of nitrogens with zero attached hydrogens (tertiary/aromatic N) is 1. The highest BCUT2D eigenvalue weighted by atomic mass is 16.5. The number of hydrogen-bond donors (Lipinski definition) is 0. The molecule has 0 bridgehead atoms. The van der Waals surface area contributed by atoms with Crippen molar-refractivity contribution in [2.75, 3.05) is 38.8 Å². The Kier molecular flexibility index (Phi) is 4.20. The fraction of sp³-hybridized carbons (Fsp3) is 0.500. The first-order valence-electron chi connectivity index (χ1n) is 6.17. The molecule has 0 N–H and O–H groups in total. The van der Waals surface area contributed by atoms with E-state index >= 15 is 0 Å². The van der Waals surface area contributed by atoms with Crippen LogP contribution in [0.1, 0.15) is 6.42 Å². The number of ketones is 1. The third-order valence-corrected chi connectivity index (χ3v) is 3.10. The van der Waals surface area contributed by atoms with Crippen molar-refractivity contribution in [3.8, 4) is 5.75 Å². The Hall–Kier alpha value is -1.55.